The van der Waals surface area contributed by atoms with Gasteiger partial charge in [-0.1, -0.05) is 76.8 Å². The molecule has 0 fully saturated rings. The fourth-order valence-corrected chi connectivity index (χ4v) is 3.69. The third-order valence-electron chi connectivity index (χ3n) is 5.99. The van der Waals surface area contributed by atoms with E-state index in [0.29, 0.717) is 0 Å². The highest BCUT2D eigenvalue weighted by Crippen LogP contribution is 2.14. The van der Waals surface area contributed by atoms with Gasteiger partial charge in [-0.05, 0) is 119 Å². The van der Waals surface area contributed by atoms with Gasteiger partial charge in [0.25, 0.3) is 0 Å². The van der Waals surface area contributed by atoms with Crippen LogP contribution in [0, 0.1) is 0 Å². The molecule has 0 aromatic rings. The molecule has 1 heteroatoms. The minimum absolute atomic E-state index is 1.02. The fourth-order valence-electron chi connectivity index (χ4n) is 3.69. The van der Waals surface area contributed by atoms with Crippen molar-refractivity contribution in [3.05, 3.63) is 69.9 Å². The molecule has 188 valence electrons. The predicted octanol–water partition coefficient (Wildman–Crippen LogP) is 10.2. The Bertz CT molecular complexity index is 690. The number of nitrogens with one attached hydrogen (secondary N) is 1. The van der Waals surface area contributed by atoms with E-state index < -0.39 is 0 Å². The number of hydrogen-bond donors (Lipinski definition) is 1. The van der Waals surface area contributed by atoms with Crippen LogP contribution in [0.25, 0.3) is 0 Å². The van der Waals surface area contributed by atoms with E-state index in [1.807, 2.05) is 0 Å². The first-order chi connectivity index (χ1) is 15.7. The lowest BCUT2D eigenvalue weighted by Crippen LogP contribution is -2.14. The molecule has 0 aromatic carbocycles. The van der Waals surface area contributed by atoms with Crippen molar-refractivity contribution in [3.8, 4) is 0 Å². The average Bonchev–Trinajstić information content (AvgIpc) is 2.75. The van der Waals surface area contributed by atoms with Crippen molar-refractivity contribution >= 4 is 0 Å². The van der Waals surface area contributed by atoms with E-state index >= 15 is 0 Å². The maximum absolute atomic E-state index is 3.38. The van der Waals surface area contributed by atoms with E-state index in [2.05, 4.69) is 97.2 Å². The van der Waals surface area contributed by atoms with Gasteiger partial charge in [-0.3, -0.25) is 0 Å². The molecule has 0 unspecified atom stereocenters. The minimum atomic E-state index is 1.02. The molecule has 0 aromatic heterocycles. The van der Waals surface area contributed by atoms with Crippen LogP contribution in [0.2, 0.25) is 0 Å². The van der Waals surface area contributed by atoms with Crippen molar-refractivity contribution in [2.45, 2.75) is 120 Å². The zero-order valence-corrected chi connectivity index (χ0v) is 23.4. The van der Waals surface area contributed by atoms with Gasteiger partial charge in [0.15, 0.2) is 0 Å². The molecular weight excluding hydrogens is 398 g/mol. The second kappa shape index (κ2) is 21.0. The number of likely N-dealkylation sites (N-methyl/N-ethyl adjacent to an activating group) is 1. The summed E-state index contributed by atoms with van der Waals surface area (Å²) in [6.45, 7) is 19.9. The first-order valence-corrected chi connectivity index (χ1v) is 13.4. The third kappa shape index (κ3) is 22.0. The molecule has 0 radical (unpaired) electrons. The molecule has 0 bridgehead atoms. The Labute approximate surface area is 207 Å². The van der Waals surface area contributed by atoms with E-state index in [1.54, 1.807) is 0 Å². The lowest BCUT2D eigenvalue weighted by Gasteiger charge is -2.04. The molecule has 0 atom stereocenters. The zero-order chi connectivity index (χ0) is 24.9. The maximum Gasteiger partial charge on any atom is 0.0161 e. The van der Waals surface area contributed by atoms with Crippen molar-refractivity contribution in [2.75, 3.05) is 13.1 Å². The van der Waals surface area contributed by atoms with Crippen LogP contribution in [0.3, 0.4) is 0 Å². The second-order valence-corrected chi connectivity index (χ2v) is 10.0. The fraction of sp³-hybridized carbons (Fsp3) is 0.625. The Kier molecular flexibility index (Phi) is 20.0. The van der Waals surface area contributed by atoms with Gasteiger partial charge in [0.05, 0.1) is 0 Å². The van der Waals surface area contributed by atoms with E-state index in [-0.39, 0.29) is 0 Å². The summed E-state index contributed by atoms with van der Waals surface area (Å²) in [4.78, 5) is 0. The van der Waals surface area contributed by atoms with Crippen molar-refractivity contribution < 1.29 is 0 Å². The second-order valence-electron chi connectivity index (χ2n) is 10.0. The first kappa shape index (κ1) is 31.4. The molecule has 0 aliphatic carbocycles. The molecule has 0 saturated carbocycles. The van der Waals surface area contributed by atoms with Gasteiger partial charge >= 0.3 is 0 Å². The standard InChI is InChI=1S/C32H55N/c1-9-33-26-32(8)25-15-24-31(7)23-14-21-29(5)18-11-10-17-28(4)20-13-22-30(6)19-12-16-27(2)3/h16-18,22-23,25,33H,9-15,19-21,24,26H2,1-8H3/b28-17+,29-18+,30-22+,31-23+,32-25?. The van der Waals surface area contributed by atoms with Gasteiger partial charge in [-0.25, -0.2) is 0 Å². The number of hydrogen-bond acceptors (Lipinski definition) is 1. The van der Waals surface area contributed by atoms with E-state index in [9.17, 15) is 0 Å². The Balaban J connectivity index is 4.07. The average molecular weight is 454 g/mol. The Hall–Kier alpha value is -1.60. The topological polar surface area (TPSA) is 12.0 Å². The van der Waals surface area contributed by atoms with Crippen molar-refractivity contribution in [3.63, 3.8) is 0 Å². The molecule has 0 amide bonds. The summed E-state index contributed by atoms with van der Waals surface area (Å²) in [6.07, 6.45) is 26.2. The summed E-state index contributed by atoms with van der Waals surface area (Å²) in [5.41, 5.74) is 8.99. The lowest BCUT2D eigenvalue weighted by molar-refractivity contribution is 0.771. The van der Waals surface area contributed by atoms with Crippen LogP contribution in [0.1, 0.15) is 120 Å². The summed E-state index contributed by atoms with van der Waals surface area (Å²) in [5.74, 6) is 0. The molecule has 33 heavy (non-hydrogen) atoms. The predicted molar refractivity (Wildman–Crippen MR) is 153 cm³/mol. The smallest absolute Gasteiger partial charge is 0.0161 e. The summed E-state index contributed by atoms with van der Waals surface area (Å²) in [5, 5.41) is 3.38. The lowest BCUT2D eigenvalue weighted by atomic mass is 10.0. The molecule has 0 rings (SSSR count). The van der Waals surface area contributed by atoms with Gasteiger partial charge < -0.3 is 5.32 Å². The highest BCUT2D eigenvalue weighted by atomic mass is 14.8. The molecule has 0 heterocycles. The Morgan fingerprint density at radius 3 is 1.15 bits per heavy atom. The van der Waals surface area contributed by atoms with Crippen molar-refractivity contribution in [2.24, 2.45) is 0 Å². The van der Waals surface area contributed by atoms with Crippen LogP contribution in [0.5, 0.6) is 0 Å². The van der Waals surface area contributed by atoms with Crippen LogP contribution in [-0.4, -0.2) is 13.1 Å². The highest BCUT2D eigenvalue weighted by Gasteiger charge is 1.95. The molecule has 1 nitrogen and oxygen atoms in total. The summed E-state index contributed by atoms with van der Waals surface area (Å²) in [7, 11) is 0. The van der Waals surface area contributed by atoms with Gasteiger partial charge in [-0.2, -0.15) is 0 Å². The van der Waals surface area contributed by atoms with Crippen molar-refractivity contribution in [1.29, 1.82) is 0 Å². The largest absolute Gasteiger partial charge is 0.313 e. The van der Waals surface area contributed by atoms with Crippen molar-refractivity contribution in [1.82, 2.24) is 5.32 Å². The van der Waals surface area contributed by atoms with Gasteiger partial charge in [0, 0.05) is 6.54 Å². The van der Waals surface area contributed by atoms with Gasteiger partial charge in [-0.15, -0.1) is 0 Å². The summed E-state index contributed by atoms with van der Waals surface area (Å²) < 4.78 is 0. The summed E-state index contributed by atoms with van der Waals surface area (Å²) in [6, 6.07) is 0. The minimum Gasteiger partial charge on any atom is -0.313 e. The van der Waals surface area contributed by atoms with E-state index in [4.69, 9.17) is 0 Å². The Morgan fingerprint density at radius 2 is 0.788 bits per heavy atom. The summed E-state index contributed by atoms with van der Waals surface area (Å²) >= 11 is 0. The van der Waals surface area contributed by atoms with Gasteiger partial charge in [0.1, 0.15) is 0 Å². The Morgan fingerprint density at radius 1 is 0.455 bits per heavy atom. The third-order valence-corrected chi connectivity index (χ3v) is 5.99. The van der Waals surface area contributed by atoms with E-state index in [1.165, 1.54) is 91.2 Å². The van der Waals surface area contributed by atoms with Crippen LogP contribution in [0.4, 0.5) is 0 Å². The van der Waals surface area contributed by atoms with Crippen LogP contribution in [-0.2, 0) is 0 Å². The molecule has 0 aliphatic rings. The normalized spacial score (nSPS) is 14.1. The zero-order valence-electron chi connectivity index (χ0n) is 23.4. The van der Waals surface area contributed by atoms with Crippen LogP contribution in [0.15, 0.2) is 69.9 Å². The number of unbranched alkanes of at least 4 members (excludes halogenated alkanes) is 1. The first-order valence-electron chi connectivity index (χ1n) is 13.4. The quantitative estimate of drug-likeness (QED) is 0.161. The van der Waals surface area contributed by atoms with Gasteiger partial charge in [0.2, 0.25) is 0 Å². The number of allylic oxidation sites excluding steroid dienone is 11. The highest BCUT2D eigenvalue weighted by molar-refractivity contribution is 5.08. The molecule has 1 N–H and O–H groups in total. The molecule has 0 aliphatic heterocycles. The van der Waals surface area contributed by atoms with Crippen LogP contribution >= 0.6 is 0 Å². The SMILES string of the molecule is CCNCC(C)=CCC/C(C)=C/CC/C(C)=C/CC/C=C(\C)CC/C=C(\C)CCC=C(C)C. The maximum atomic E-state index is 3.38. The van der Waals surface area contributed by atoms with E-state index in [0.717, 1.165) is 19.5 Å². The molecule has 0 spiro atoms. The molecular formula is C32H55N. The van der Waals surface area contributed by atoms with Crippen LogP contribution < -0.4 is 5.32 Å². The monoisotopic (exact) mass is 453 g/mol. The number of rotatable bonds is 18. The molecule has 0 saturated heterocycles.